The highest BCUT2D eigenvalue weighted by Crippen LogP contribution is 2.52. The smallest absolute Gasteiger partial charge is 0.161 e. The first-order valence-electron chi connectivity index (χ1n) is 21.7. The Morgan fingerprint density at radius 3 is 1.65 bits per heavy atom. The Hall–Kier alpha value is -8.01. The zero-order valence-corrected chi connectivity index (χ0v) is 35.0. The lowest BCUT2D eigenvalue weighted by atomic mass is 9.80. The fourth-order valence-electron chi connectivity index (χ4n) is 10.2. The molecule has 63 heavy (non-hydrogen) atoms. The van der Waals surface area contributed by atoms with Crippen molar-refractivity contribution >= 4 is 32.3 Å². The minimum absolute atomic E-state index is 0.0932. The highest BCUT2D eigenvalue weighted by atomic mass is 14.9. The predicted octanol–water partition coefficient (Wildman–Crippen LogP) is 15.6. The average Bonchev–Trinajstić information content (AvgIpc) is 3.59. The average molecular weight is 804 g/mol. The number of hydrogen-bond acceptors (Lipinski definition) is 3. The van der Waals surface area contributed by atoms with Crippen LogP contribution in [0, 0.1) is 0 Å². The minimum atomic E-state index is -0.0932. The second kappa shape index (κ2) is 14.6. The highest BCUT2D eigenvalue weighted by Gasteiger charge is 2.37. The molecule has 0 saturated heterocycles. The summed E-state index contributed by atoms with van der Waals surface area (Å²) in [4.78, 5) is 15.0. The van der Waals surface area contributed by atoms with E-state index in [9.17, 15) is 0 Å². The minimum Gasteiger partial charge on any atom is -0.264 e. The first kappa shape index (κ1) is 36.8. The van der Waals surface area contributed by atoms with Crippen molar-refractivity contribution in [3.8, 4) is 78.4 Å². The Kier molecular flexibility index (Phi) is 8.52. The fraction of sp³-hybridized carbons (Fsp3) is 0.0500. The van der Waals surface area contributed by atoms with Gasteiger partial charge in [0.2, 0.25) is 0 Å². The Morgan fingerprint density at radius 2 is 0.921 bits per heavy atom. The van der Waals surface area contributed by atoms with Gasteiger partial charge in [0.05, 0.1) is 11.4 Å². The Labute approximate surface area is 367 Å². The predicted molar refractivity (Wildman–Crippen MR) is 263 cm³/mol. The number of rotatable bonds is 6. The van der Waals surface area contributed by atoms with Gasteiger partial charge >= 0.3 is 0 Å². The molecule has 0 fully saturated rings. The van der Waals surface area contributed by atoms with Crippen molar-refractivity contribution in [3.05, 3.63) is 224 Å². The molecule has 1 aliphatic rings. The van der Waals surface area contributed by atoms with Crippen LogP contribution in [0.5, 0.6) is 0 Å². The summed E-state index contributed by atoms with van der Waals surface area (Å²) < 4.78 is 0. The summed E-state index contributed by atoms with van der Waals surface area (Å²) >= 11 is 0. The van der Waals surface area contributed by atoms with Crippen LogP contribution < -0.4 is 0 Å². The van der Waals surface area contributed by atoms with Crippen LogP contribution in [0.2, 0.25) is 0 Å². The molecule has 1 aliphatic carbocycles. The number of aromatic nitrogens is 3. The van der Waals surface area contributed by atoms with Crippen LogP contribution in [0.25, 0.3) is 111 Å². The van der Waals surface area contributed by atoms with Gasteiger partial charge in [0.15, 0.2) is 5.82 Å². The van der Waals surface area contributed by atoms with Crippen molar-refractivity contribution in [1.82, 2.24) is 15.0 Å². The van der Waals surface area contributed by atoms with Crippen molar-refractivity contribution in [2.24, 2.45) is 0 Å². The molecule has 0 spiro atoms. The van der Waals surface area contributed by atoms with Crippen molar-refractivity contribution < 1.29 is 0 Å². The lowest BCUT2D eigenvalue weighted by Gasteiger charge is -2.23. The van der Waals surface area contributed by atoms with E-state index in [1.54, 1.807) is 6.20 Å². The maximum atomic E-state index is 5.32. The summed E-state index contributed by atoms with van der Waals surface area (Å²) in [6, 6.07) is 72.3. The molecule has 2 heterocycles. The van der Waals surface area contributed by atoms with E-state index in [0.29, 0.717) is 5.82 Å². The topological polar surface area (TPSA) is 38.7 Å². The van der Waals surface area contributed by atoms with Crippen molar-refractivity contribution in [2.75, 3.05) is 0 Å². The monoisotopic (exact) mass is 803 g/mol. The maximum absolute atomic E-state index is 5.32. The number of nitrogens with zero attached hydrogens (tertiary/aromatic N) is 3. The fourth-order valence-corrected chi connectivity index (χ4v) is 10.2. The van der Waals surface area contributed by atoms with E-state index >= 15 is 0 Å². The molecule has 0 aliphatic heterocycles. The molecule has 12 rings (SSSR count). The molecule has 0 bridgehead atoms. The molecule has 0 radical (unpaired) electrons. The van der Waals surface area contributed by atoms with Crippen LogP contribution in [0.1, 0.15) is 25.0 Å². The zero-order chi connectivity index (χ0) is 42.1. The number of benzene rings is 9. The molecule has 11 aromatic rings. The largest absolute Gasteiger partial charge is 0.264 e. The number of hydrogen-bond donors (Lipinski definition) is 0. The summed E-state index contributed by atoms with van der Waals surface area (Å²) in [6.45, 7) is 4.75. The van der Waals surface area contributed by atoms with Gasteiger partial charge in [-0.1, -0.05) is 184 Å². The van der Waals surface area contributed by atoms with Crippen LogP contribution in [0.4, 0.5) is 0 Å². The van der Waals surface area contributed by atoms with Crippen LogP contribution in [-0.4, -0.2) is 15.0 Å². The molecule has 3 nitrogen and oxygen atoms in total. The molecule has 0 saturated carbocycles. The quantitative estimate of drug-likeness (QED) is 0.168. The van der Waals surface area contributed by atoms with Gasteiger partial charge < -0.3 is 0 Å². The van der Waals surface area contributed by atoms with E-state index in [-0.39, 0.29) is 5.41 Å². The molecule has 2 aromatic heterocycles. The van der Waals surface area contributed by atoms with Gasteiger partial charge in [0, 0.05) is 40.1 Å². The highest BCUT2D eigenvalue weighted by molar-refractivity contribution is 6.12. The van der Waals surface area contributed by atoms with Gasteiger partial charge in [-0.05, 0) is 113 Å². The van der Waals surface area contributed by atoms with Crippen LogP contribution in [0.3, 0.4) is 0 Å². The second-order valence-corrected chi connectivity index (χ2v) is 17.2. The van der Waals surface area contributed by atoms with E-state index in [2.05, 4.69) is 207 Å². The number of pyridine rings is 1. The molecule has 296 valence electrons. The summed E-state index contributed by atoms with van der Waals surface area (Å²) in [5.74, 6) is 0.690. The molecule has 3 heteroatoms. The molecular weight excluding hydrogens is 763 g/mol. The maximum Gasteiger partial charge on any atom is 0.161 e. The Balaban J connectivity index is 0.988. The van der Waals surface area contributed by atoms with E-state index in [0.717, 1.165) is 50.0 Å². The Morgan fingerprint density at radius 1 is 0.349 bits per heavy atom. The summed E-state index contributed by atoms with van der Waals surface area (Å²) in [5, 5.41) is 7.35. The van der Waals surface area contributed by atoms with Crippen LogP contribution in [-0.2, 0) is 5.41 Å². The first-order chi connectivity index (χ1) is 31.0. The summed E-state index contributed by atoms with van der Waals surface area (Å²) in [6.07, 6.45) is 3.71. The SMILES string of the molecule is CC1(C)c2ccc(-c3ccc(-c4ccc(-c5nc(-c6ccccc6)cc(-c6cccc(-c7cccnc7)c6)n5)c5ccccc45)c4ccccc34)cc2-c2ccc3ccccc3c21. The van der Waals surface area contributed by atoms with Gasteiger partial charge in [-0.15, -0.1) is 0 Å². The van der Waals surface area contributed by atoms with Crippen LogP contribution >= 0.6 is 0 Å². The second-order valence-electron chi connectivity index (χ2n) is 17.2. The van der Waals surface area contributed by atoms with Gasteiger partial charge in [0.25, 0.3) is 0 Å². The first-order valence-corrected chi connectivity index (χ1v) is 21.7. The molecule has 0 atom stereocenters. The lowest BCUT2D eigenvalue weighted by molar-refractivity contribution is 0.666. The summed E-state index contributed by atoms with van der Waals surface area (Å²) in [5.41, 5.74) is 17.2. The van der Waals surface area contributed by atoms with Gasteiger partial charge in [-0.3, -0.25) is 4.98 Å². The molecule has 0 amide bonds. The molecule has 0 unspecified atom stereocenters. The zero-order valence-electron chi connectivity index (χ0n) is 35.0. The third kappa shape index (κ3) is 6.07. The van der Waals surface area contributed by atoms with E-state index < -0.39 is 0 Å². The van der Waals surface area contributed by atoms with Crippen molar-refractivity contribution in [1.29, 1.82) is 0 Å². The summed E-state index contributed by atoms with van der Waals surface area (Å²) in [7, 11) is 0. The van der Waals surface area contributed by atoms with E-state index in [4.69, 9.17) is 9.97 Å². The van der Waals surface area contributed by atoms with E-state index in [1.807, 2.05) is 18.3 Å². The van der Waals surface area contributed by atoms with Gasteiger partial charge in [-0.2, -0.15) is 0 Å². The number of fused-ring (bicyclic) bond motifs is 7. The van der Waals surface area contributed by atoms with Crippen molar-refractivity contribution in [2.45, 2.75) is 19.3 Å². The van der Waals surface area contributed by atoms with Gasteiger partial charge in [0.1, 0.15) is 0 Å². The molecule has 9 aromatic carbocycles. The van der Waals surface area contributed by atoms with E-state index in [1.165, 1.54) is 66.1 Å². The normalized spacial score (nSPS) is 12.7. The third-order valence-electron chi connectivity index (χ3n) is 13.2. The van der Waals surface area contributed by atoms with Gasteiger partial charge in [-0.25, -0.2) is 9.97 Å². The third-order valence-corrected chi connectivity index (χ3v) is 13.2. The van der Waals surface area contributed by atoms with Crippen LogP contribution in [0.15, 0.2) is 213 Å². The molecular formula is C60H41N3. The Bertz CT molecular complexity index is 3590. The lowest BCUT2D eigenvalue weighted by Crippen LogP contribution is -2.15. The molecule has 0 N–H and O–H groups in total. The standard InChI is InChI=1S/C60H41N3/c1-60(2)55-32-26-41(35-54(55)52-27-25-38-14-6-7-20-45(38)58(52)60)44-28-29-50(47-22-9-8-21-46(44)47)51-30-31-53(49-24-11-10-23-48(49)51)59-62-56(39-15-4-3-5-16-39)36-57(63-59)42-18-12-17-40(34-42)43-19-13-33-61-37-43/h3-37H,1-2H3. The van der Waals surface area contributed by atoms with Crippen molar-refractivity contribution in [3.63, 3.8) is 0 Å².